The van der Waals surface area contributed by atoms with E-state index in [2.05, 4.69) is 20.5 Å². The number of anilines is 1. The molecule has 0 amide bonds. The van der Waals surface area contributed by atoms with Crippen molar-refractivity contribution in [1.29, 1.82) is 0 Å². The largest absolute Gasteiger partial charge is 0.387 e. The lowest BCUT2D eigenvalue weighted by atomic mass is 10.1. The molecule has 0 radical (unpaired) electrons. The highest BCUT2D eigenvalue weighted by molar-refractivity contribution is 5.80. The predicted octanol–water partition coefficient (Wildman–Crippen LogP) is 1.60. The average molecular weight is 404 g/mol. The third kappa shape index (κ3) is 3.78. The number of nitrogens with zero attached hydrogens (tertiary/aromatic N) is 4. The smallest absolute Gasteiger partial charge is 0.329 e. The molecule has 0 saturated heterocycles. The van der Waals surface area contributed by atoms with Gasteiger partial charge in [0.15, 0.2) is 11.2 Å². The van der Waals surface area contributed by atoms with Gasteiger partial charge >= 0.3 is 5.69 Å². The highest BCUT2D eigenvalue weighted by Crippen LogP contribution is 2.21. The molecule has 152 valence electrons. The zero-order valence-electron chi connectivity index (χ0n) is 16.2. The monoisotopic (exact) mass is 404 g/mol. The number of imidazole rings is 1. The second kappa shape index (κ2) is 8.18. The van der Waals surface area contributed by atoms with Crippen molar-refractivity contribution in [3.63, 3.8) is 0 Å². The van der Waals surface area contributed by atoms with E-state index < -0.39 is 17.4 Å². The SMILES string of the molecule is Cn1c(=O)[nH]c(=O)c2c1nc(N/N=C/c1ccccc1)n2CC(O)c1ccccc1. The van der Waals surface area contributed by atoms with Gasteiger partial charge in [-0.25, -0.2) is 10.2 Å². The van der Waals surface area contributed by atoms with E-state index in [0.717, 1.165) is 5.56 Å². The Bertz CT molecular complexity index is 1310. The summed E-state index contributed by atoms with van der Waals surface area (Å²) in [6, 6.07) is 18.6. The second-order valence-corrected chi connectivity index (χ2v) is 6.74. The van der Waals surface area contributed by atoms with E-state index in [1.807, 2.05) is 48.5 Å². The molecule has 0 saturated carbocycles. The number of aliphatic hydroxyl groups is 1. The van der Waals surface area contributed by atoms with Gasteiger partial charge in [-0.2, -0.15) is 10.1 Å². The van der Waals surface area contributed by atoms with E-state index in [4.69, 9.17) is 0 Å². The summed E-state index contributed by atoms with van der Waals surface area (Å²) in [5, 5.41) is 14.9. The Balaban J connectivity index is 1.76. The molecule has 4 rings (SSSR count). The summed E-state index contributed by atoms with van der Waals surface area (Å²) in [5.74, 6) is 0.235. The molecule has 9 heteroatoms. The molecule has 0 spiro atoms. The van der Waals surface area contributed by atoms with Gasteiger partial charge in [0.1, 0.15) is 0 Å². The summed E-state index contributed by atoms with van der Waals surface area (Å²) in [6.45, 7) is 0.0466. The first kappa shape index (κ1) is 19.3. The van der Waals surface area contributed by atoms with Crippen molar-refractivity contribution in [3.8, 4) is 0 Å². The Labute approximate surface area is 171 Å². The molecule has 0 aliphatic heterocycles. The Hall–Kier alpha value is -3.98. The highest BCUT2D eigenvalue weighted by Gasteiger charge is 2.20. The fraction of sp³-hybridized carbons (Fsp3) is 0.143. The van der Waals surface area contributed by atoms with Crippen LogP contribution < -0.4 is 16.7 Å². The standard InChI is InChI=1S/C21H20N6O3/c1-26-18-17(19(29)24-21(26)30)27(13-16(28)15-10-6-3-7-11-15)20(23-18)25-22-12-14-8-4-2-5-9-14/h2-12,16,28H,13H2,1H3,(H,23,25)(H,24,29,30)/b22-12+. The number of fused-ring (bicyclic) bond motifs is 1. The van der Waals surface area contributed by atoms with Crippen LogP contribution >= 0.6 is 0 Å². The quantitative estimate of drug-likeness (QED) is 0.333. The number of benzene rings is 2. The molecule has 1 unspecified atom stereocenters. The summed E-state index contributed by atoms with van der Waals surface area (Å²) in [4.78, 5) is 31.2. The van der Waals surface area contributed by atoms with Gasteiger partial charge in [0.05, 0.1) is 18.9 Å². The summed E-state index contributed by atoms with van der Waals surface area (Å²) < 4.78 is 2.77. The summed E-state index contributed by atoms with van der Waals surface area (Å²) in [5.41, 5.74) is 3.61. The van der Waals surface area contributed by atoms with Gasteiger partial charge in [0.25, 0.3) is 5.56 Å². The first-order chi connectivity index (χ1) is 14.5. The number of hydrogen-bond donors (Lipinski definition) is 3. The minimum absolute atomic E-state index is 0.0466. The second-order valence-electron chi connectivity index (χ2n) is 6.74. The third-order valence-electron chi connectivity index (χ3n) is 4.72. The van der Waals surface area contributed by atoms with E-state index in [1.165, 1.54) is 16.2 Å². The van der Waals surface area contributed by atoms with Crippen molar-refractivity contribution in [1.82, 2.24) is 19.1 Å². The summed E-state index contributed by atoms with van der Waals surface area (Å²) in [7, 11) is 1.52. The maximum atomic E-state index is 12.5. The number of aliphatic hydroxyl groups excluding tert-OH is 1. The van der Waals surface area contributed by atoms with Crippen LogP contribution in [0.1, 0.15) is 17.2 Å². The zero-order chi connectivity index (χ0) is 21.1. The lowest BCUT2D eigenvalue weighted by molar-refractivity contribution is 0.158. The molecule has 0 aliphatic carbocycles. The van der Waals surface area contributed by atoms with Crippen LogP contribution in [0.5, 0.6) is 0 Å². The molecular weight excluding hydrogens is 384 g/mol. The Morgan fingerprint density at radius 2 is 1.80 bits per heavy atom. The fourth-order valence-electron chi connectivity index (χ4n) is 3.15. The number of rotatable bonds is 6. The van der Waals surface area contributed by atoms with Crippen LogP contribution in [0.3, 0.4) is 0 Å². The number of hydrazone groups is 1. The topological polar surface area (TPSA) is 117 Å². The molecule has 3 N–H and O–H groups in total. The number of aromatic amines is 1. The van der Waals surface area contributed by atoms with Crippen molar-refractivity contribution >= 4 is 23.3 Å². The molecule has 1 atom stereocenters. The van der Waals surface area contributed by atoms with Crippen molar-refractivity contribution < 1.29 is 5.11 Å². The number of hydrogen-bond acceptors (Lipinski definition) is 6. The van der Waals surface area contributed by atoms with E-state index in [1.54, 1.807) is 18.3 Å². The summed E-state index contributed by atoms with van der Waals surface area (Å²) in [6.07, 6.45) is 0.722. The number of nitrogens with one attached hydrogen (secondary N) is 2. The first-order valence-electron chi connectivity index (χ1n) is 9.31. The van der Waals surface area contributed by atoms with Crippen molar-refractivity contribution in [3.05, 3.63) is 92.6 Å². The van der Waals surface area contributed by atoms with Crippen LogP contribution in [-0.2, 0) is 13.6 Å². The van der Waals surface area contributed by atoms with E-state index in [-0.39, 0.29) is 23.7 Å². The lowest BCUT2D eigenvalue weighted by Crippen LogP contribution is -2.29. The van der Waals surface area contributed by atoms with Gasteiger partial charge < -0.3 is 5.11 Å². The first-order valence-corrected chi connectivity index (χ1v) is 9.31. The number of H-pyrrole nitrogens is 1. The molecule has 0 aliphatic rings. The van der Waals surface area contributed by atoms with Crippen LogP contribution in [-0.4, -0.2) is 30.4 Å². The maximum Gasteiger partial charge on any atom is 0.329 e. The van der Waals surface area contributed by atoms with Gasteiger partial charge in [0.2, 0.25) is 5.95 Å². The van der Waals surface area contributed by atoms with Gasteiger partial charge in [-0.15, -0.1) is 0 Å². The molecule has 30 heavy (non-hydrogen) atoms. The molecule has 2 aromatic carbocycles. The van der Waals surface area contributed by atoms with Crippen LogP contribution in [0.15, 0.2) is 75.4 Å². The molecule has 4 aromatic rings. The number of aryl methyl sites for hydroxylation is 1. The lowest BCUT2D eigenvalue weighted by Gasteiger charge is -2.14. The fourth-order valence-corrected chi connectivity index (χ4v) is 3.15. The minimum atomic E-state index is -0.890. The van der Waals surface area contributed by atoms with Crippen LogP contribution in [0, 0.1) is 0 Å². The van der Waals surface area contributed by atoms with E-state index >= 15 is 0 Å². The highest BCUT2D eigenvalue weighted by atomic mass is 16.3. The normalized spacial score (nSPS) is 12.5. The van der Waals surface area contributed by atoms with Gasteiger partial charge in [-0.1, -0.05) is 60.7 Å². The van der Waals surface area contributed by atoms with Crippen LogP contribution in [0.25, 0.3) is 11.2 Å². The molecule has 9 nitrogen and oxygen atoms in total. The molecular formula is C21H20N6O3. The van der Waals surface area contributed by atoms with Crippen molar-refractivity contribution in [2.24, 2.45) is 12.1 Å². The Kier molecular flexibility index (Phi) is 5.27. The van der Waals surface area contributed by atoms with Gasteiger partial charge in [-0.3, -0.25) is 18.9 Å². The Morgan fingerprint density at radius 3 is 2.50 bits per heavy atom. The zero-order valence-corrected chi connectivity index (χ0v) is 16.2. The molecule has 0 fully saturated rings. The minimum Gasteiger partial charge on any atom is -0.387 e. The van der Waals surface area contributed by atoms with Crippen LogP contribution in [0.2, 0.25) is 0 Å². The van der Waals surface area contributed by atoms with E-state index in [9.17, 15) is 14.7 Å². The molecule has 2 heterocycles. The van der Waals surface area contributed by atoms with Gasteiger partial charge in [-0.05, 0) is 11.1 Å². The van der Waals surface area contributed by atoms with Crippen molar-refractivity contribution in [2.45, 2.75) is 12.6 Å². The van der Waals surface area contributed by atoms with Crippen molar-refractivity contribution in [2.75, 3.05) is 5.43 Å². The maximum absolute atomic E-state index is 12.5. The van der Waals surface area contributed by atoms with Crippen LogP contribution in [0.4, 0.5) is 5.95 Å². The number of aromatic nitrogens is 4. The summed E-state index contributed by atoms with van der Waals surface area (Å²) >= 11 is 0. The molecule has 2 aromatic heterocycles. The van der Waals surface area contributed by atoms with E-state index in [0.29, 0.717) is 5.56 Å². The molecule has 0 bridgehead atoms. The Morgan fingerprint density at radius 1 is 1.13 bits per heavy atom. The predicted molar refractivity (Wildman–Crippen MR) is 115 cm³/mol. The average Bonchev–Trinajstić information content (AvgIpc) is 3.12. The third-order valence-corrected chi connectivity index (χ3v) is 4.72. The van der Waals surface area contributed by atoms with Gasteiger partial charge in [0, 0.05) is 7.05 Å².